The van der Waals surface area contributed by atoms with Crippen molar-refractivity contribution in [1.29, 1.82) is 0 Å². The SMILES string of the molecule is CC(C)(C#Cc1ccc(CC(=O)CSc2nnnn2-c2ccc(C3CC3)cc2Cl)c(Cl)c1)OCCO. The molecule has 0 amide bonds. The van der Waals surface area contributed by atoms with E-state index in [2.05, 4.69) is 33.4 Å². The Hall–Kier alpha value is -2.41. The summed E-state index contributed by atoms with van der Waals surface area (Å²) in [5.74, 6) is 6.83. The van der Waals surface area contributed by atoms with Crippen LogP contribution in [0.25, 0.3) is 5.69 Å². The number of tetrazole rings is 1. The summed E-state index contributed by atoms with van der Waals surface area (Å²) >= 11 is 14.2. The second kappa shape index (κ2) is 11.8. The minimum absolute atomic E-state index is 0.0102. The number of aromatic nitrogens is 4. The van der Waals surface area contributed by atoms with E-state index in [1.165, 1.54) is 30.2 Å². The third kappa shape index (κ3) is 7.09. The van der Waals surface area contributed by atoms with Crippen molar-refractivity contribution >= 4 is 40.7 Å². The smallest absolute Gasteiger partial charge is 0.214 e. The van der Waals surface area contributed by atoms with Crippen LogP contribution in [0.15, 0.2) is 41.6 Å². The predicted octanol–water partition coefficient (Wildman–Crippen LogP) is 4.89. The molecular weight excluding hydrogens is 519 g/mol. The molecule has 0 spiro atoms. The molecule has 0 aliphatic heterocycles. The molecule has 0 atom stereocenters. The van der Waals surface area contributed by atoms with Crippen LogP contribution in [0.3, 0.4) is 0 Å². The zero-order valence-corrected chi connectivity index (χ0v) is 22.3. The van der Waals surface area contributed by atoms with Crippen LogP contribution in [0.4, 0.5) is 0 Å². The topological polar surface area (TPSA) is 90.1 Å². The molecule has 1 aliphatic carbocycles. The van der Waals surface area contributed by atoms with Crippen molar-refractivity contribution in [1.82, 2.24) is 20.2 Å². The van der Waals surface area contributed by atoms with Gasteiger partial charge in [0.2, 0.25) is 5.16 Å². The van der Waals surface area contributed by atoms with Crippen molar-refractivity contribution in [3.8, 4) is 17.5 Å². The van der Waals surface area contributed by atoms with Crippen LogP contribution in [-0.4, -0.2) is 55.7 Å². The summed E-state index contributed by atoms with van der Waals surface area (Å²) in [6.07, 6.45) is 2.58. The Morgan fingerprint density at radius 3 is 2.72 bits per heavy atom. The molecule has 0 radical (unpaired) electrons. The van der Waals surface area contributed by atoms with E-state index in [0.717, 1.165) is 11.1 Å². The Morgan fingerprint density at radius 1 is 1.22 bits per heavy atom. The third-order valence-corrected chi connectivity index (χ3v) is 7.19. The predicted molar refractivity (Wildman–Crippen MR) is 141 cm³/mol. The van der Waals surface area contributed by atoms with Crippen LogP contribution in [-0.2, 0) is 16.0 Å². The third-order valence-electron chi connectivity index (χ3n) is 5.55. The van der Waals surface area contributed by atoms with Gasteiger partial charge in [-0.25, -0.2) is 0 Å². The molecule has 1 N–H and O–H groups in total. The number of carbonyl (C=O) groups is 1. The lowest BCUT2D eigenvalue weighted by molar-refractivity contribution is -0.116. The number of halogens is 2. The van der Waals surface area contributed by atoms with E-state index in [-0.39, 0.29) is 31.2 Å². The van der Waals surface area contributed by atoms with Crippen LogP contribution in [0.5, 0.6) is 0 Å². The molecule has 1 heterocycles. The summed E-state index contributed by atoms with van der Waals surface area (Å²) < 4.78 is 7.06. The lowest BCUT2D eigenvalue weighted by Gasteiger charge is -2.17. The van der Waals surface area contributed by atoms with Crippen molar-refractivity contribution in [3.05, 3.63) is 63.1 Å². The summed E-state index contributed by atoms with van der Waals surface area (Å²) in [5, 5.41) is 22.3. The summed E-state index contributed by atoms with van der Waals surface area (Å²) in [5.41, 5.74) is 2.66. The molecule has 1 fully saturated rings. The summed E-state index contributed by atoms with van der Waals surface area (Å²) in [7, 11) is 0. The van der Waals surface area contributed by atoms with E-state index in [1.807, 2.05) is 38.1 Å². The molecule has 7 nitrogen and oxygen atoms in total. The van der Waals surface area contributed by atoms with Gasteiger partial charge in [-0.15, -0.1) is 5.10 Å². The fourth-order valence-electron chi connectivity index (χ4n) is 3.52. The summed E-state index contributed by atoms with van der Waals surface area (Å²) in [4.78, 5) is 12.7. The summed E-state index contributed by atoms with van der Waals surface area (Å²) in [6.45, 7) is 3.81. The molecule has 1 aromatic heterocycles. The number of rotatable bonds is 10. The highest BCUT2D eigenvalue weighted by Gasteiger charge is 2.24. The molecule has 4 rings (SSSR count). The molecular formula is C26H26Cl2N4O3S. The standard InChI is InChI=1S/C26H26Cl2N4O3S/c1-26(2,35-12-11-33)10-9-17-3-4-20(22(27)13-17)14-21(34)16-36-25-29-30-31-32(25)24-8-7-19(15-23(24)28)18-5-6-18/h3-4,7-8,13,15,18,33H,5-6,11-12,14,16H2,1-2H3. The lowest BCUT2D eigenvalue weighted by atomic mass is 10.1. The number of ketones is 1. The van der Waals surface area contributed by atoms with Crippen molar-refractivity contribution < 1.29 is 14.6 Å². The van der Waals surface area contributed by atoms with E-state index in [0.29, 0.717) is 26.8 Å². The Balaban J connectivity index is 1.36. The average molecular weight is 545 g/mol. The van der Waals surface area contributed by atoms with Crippen LogP contribution < -0.4 is 0 Å². The Kier molecular flexibility index (Phi) is 8.70. The Morgan fingerprint density at radius 2 is 2.03 bits per heavy atom. The van der Waals surface area contributed by atoms with E-state index in [9.17, 15) is 4.79 Å². The van der Waals surface area contributed by atoms with Gasteiger partial charge >= 0.3 is 0 Å². The van der Waals surface area contributed by atoms with E-state index in [1.54, 1.807) is 10.7 Å². The van der Waals surface area contributed by atoms with Gasteiger partial charge in [-0.2, -0.15) is 4.68 Å². The first kappa shape index (κ1) is 26.6. The van der Waals surface area contributed by atoms with Gasteiger partial charge in [-0.1, -0.05) is 58.9 Å². The highest BCUT2D eigenvalue weighted by molar-refractivity contribution is 7.99. The maximum Gasteiger partial charge on any atom is 0.214 e. The number of aliphatic hydroxyl groups is 1. The maximum absolute atomic E-state index is 12.7. The van der Waals surface area contributed by atoms with Gasteiger partial charge in [0.15, 0.2) is 0 Å². The van der Waals surface area contributed by atoms with Gasteiger partial charge in [0.1, 0.15) is 11.4 Å². The molecule has 10 heteroatoms. The number of Topliss-reactive ketones (excluding diaryl/α,β-unsaturated/α-hetero) is 1. The second-order valence-electron chi connectivity index (χ2n) is 9.00. The minimum atomic E-state index is -0.694. The second-order valence-corrected chi connectivity index (χ2v) is 10.8. The number of nitrogens with zero attached hydrogens (tertiary/aromatic N) is 4. The van der Waals surface area contributed by atoms with Gasteiger partial charge in [0.05, 0.1) is 29.7 Å². The molecule has 3 aromatic rings. The first-order chi connectivity index (χ1) is 17.3. The first-order valence-corrected chi connectivity index (χ1v) is 13.3. The van der Waals surface area contributed by atoms with Crippen LogP contribution in [0.2, 0.25) is 10.0 Å². The van der Waals surface area contributed by atoms with Gasteiger partial charge < -0.3 is 9.84 Å². The highest BCUT2D eigenvalue weighted by Crippen LogP contribution is 2.41. The van der Waals surface area contributed by atoms with Gasteiger partial charge in [-0.05, 0) is 78.4 Å². The van der Waals surface area contributed by atoms with Crippen molar-refractivity contribution in [3.63, 3.8) is 0 Å². The quantitative estimate of drug-likeness (QED) is 0.287. The van der Waals surface area contributed by atoms with Crippen LogP contribution in [0.1, 0.15) is 49.3 Å². The number of ether oxygens (including phenoxy) is 1. The molecule has 36 heavy (non-hydrogen) atoms. The lowest BCUT2D eigenvalue weighted by Crippen LogP contribution is -2.23. The number of hydrogen-bond acceptors (Lipinski definition) is 7. The zero-order chi connectivity index (χ0) is 25.7. The molecule has 0 unspecified atom stereocenters. The first-order valence-electron chi connectivity index (χ1n) is 11.5. The molecule has 1 saturated carbocycles. The fraction of sp³-hybridized carbons (Fsp3) is 0.385. The van der Waals surface area contributed by atoms with Gasteiger partial charge in [0, 0.05) is 17.0 Å². The average Bonchev–Trinajstić information content (AvgIpc) is 3.60. The molecule has 0 saturated heterocycles. The van der Waals surface area contributed by atoms with Crippen molar-refractivity contribution in [2.24, 2.45) is 0 Å². The monoisotopic (exact) mass is 544 g/mol. The van der Waals surface area contributed by atoms with Crippen molar-refractivity contribution in [2.45, 2.75) is 49.8 Å². The van der Waals surface area contributed by atoms with Crippen LogP contribution in [0, 0.1) is 11.8 Å². The number of hydrogen-bond donors (Lipinski definition) is 1. The van der Waals surface area contributed by atoms with Gasteiger partial charge in [-0.3, -0.25) is 4.79 Å². The van der Waals surface area contributed by atoms with Crippen LogP contribution >= 0.6 is 35.0 Å². The summed E-state index contributed by atoms with van der Waals surface area (Å²) in [6, 6.07) is 11.3. The van der Waals surface area contributed by atoms with E-state index in [4.69, 9.17) is 33.0 Å². The highest BCUT2D eigenvalue weighted by atomic mass is 35.5. The maximum atomic E-state index is 12.7. The van der Waals surface area contributed by atoms with Crippen molar-refractivity contribution in [2.75, 3.05) is 19.0 Å². The fourth-order valence-corrected chi connectivity index (χ4v) is 4.78. The van der Waals surface area contributed by atoms with Gasteiger partial charge in [0.25, 0.3) is 0 Å². The zero-order valence-electron chi connectivity index (χ0n) is 20.0. The number of thioether (sulfide) groups is 1. The Bertz CT molecular complexity index is 1310. The molecule has 188 valence electrons. The number of aliphatic hydroxyl groups excluding tert-OH is 1. The normalized spacial score (nSPS) is 13.4. The largest absolute Gasteiger partial charge is 0.394 e. The molecule has 2 aromatic carbocycles. The molecule has 0 bridgehead atoms. The minimum Gasteiger partial charge on any atom is -0.394 e. The van der Waals surface area contributed by atoms with E-state index >= 15 is 0 Å². The Labute approximate surface area is 224 Å². The molecule has 1 aliphatic rings. The number of carbonyl (C=O) groups excluding carboxylic acids is 1. The number of benzene rings is 2. The van der Waals surface area contributed by atoms with E-state index < -0.39 is 5.60 Å².